The second-order valence-corrected chi connectivity index (χ2v) is 4.64. The molecule has 18 heavy (non-hydrogen) atoms. The van der Waals surface area contributed by atoms with E-state index < -0.39 is 0 Å². The van der Waals surface area contributed by atoms with E-state index in [-0.39, 0.29) is 0 Å². The van der Waals surface area contributed by atoms with E-state index in [9.17, 15) is 4.79 Å². The molecule has 0 saturated carbocycles. The van der Waals surface area contributed by atoms with E-state index in [1.807, 2.05) is 19.2 Å². The van der Waals surface area contributed by atoms with Crippen LogP contribution in [0.15, 0.2) is 12.1 Å². The van der Waals surface area contributed by atoms with Crippen molar-refractivity contribution in [1.29, 1.82) is 0 Å². The Bertz CT molecular complexity index is 617. The highest BCUT2D eigenvalue weighted by molar-refractivity contribution is 5.96. The smallest absolute Gasteiger partial charge is 0.203 e. The molecule has 0 aliphatic carbocycles. The predicted octanol–water partition coefficient (Wildman–Crippen LogP) is 1.73. The Hall–Kier alpha value is -2.04. The van der Waals surface area contributed by atoms with Crippen LogP contribution in [0.1, 0.15) is 16.8 Å². The number of hydrogen-bond donors (Lipinski definition) is 1. The lowest BCUT2D eigenvalue weighted by molar-refractivity contribution is 0.112. The fraction of sp³-hybridized carbons (Fsp3) is 0.385. The zero-order valence-electron chi connectivity index (χ0n) is 10.6. The molecule has 0 bridgehead atoms. The molecule has 2 aromatic rings. The van der Waals surface area contributed by atoms with Crippen LogP contribution < -0.4 is 10.2 Å². The summed E-state index contributed by atoms with van der Waals surface area (Å²) < 4.78 is 2.20. The number of carbonyl (C=O) groups excluding carboxylic acids is 1. The van der Waals surface area contributed by atoms with Gasteiger partial charge in [-0.1, -0.05) is 0 Å². The van der Waals surface area contributed by atoms with Crippen molar-refractivity contribution in [2.75, 3.05) is 30.9 Å². The van der Waals surface area contributed by atoms with Gasteiger partial charge in [-0.25, -0.2) is 4.98 Å². The quantitative estimate of drug-likeness (QED) is 0.817. The van der Waals surface area contributed by atoms with Crippen LogP contribution in [0, 0.1) is 0 Å². The lowest BCUT2D eigenvalue weighted by Gasteiger charge is -2.17. The van der Waals surface area contributed by atoms with Crippen molar-refractivity contribution >= 4 is 29.0 Å². The number of aromatic nitrogens is 2. The highest BCUT2D eigenvalue weighted by Gasteiger charge is 2.19. The molecular weight excluding hydrogens is 228 g/mol. The second kappa shape index (κ2) is 4.01. The number of benzene rings is 1. The van der Waals surface area contributed by atoms with Crippen molar-refractivity contribution < 1.29 is 4.79 Å². The molecular formula is C13H16N4O. The first-order valence-electron chi connectivity index (χ1n) is 6.13. The number of imidazole rings is 1. The molecule has 5 nitrogen and oxygen atoms in total. The first-order chi connectivity index (χ1) is 8.74. The lowest BCUT2D eigenvalue weighted by atomic mass is 10.1. The van der Waals surface area contributed by atoms with Gasteiger partial charge in [-0.05, 0) is 18.6 Å². The number of nitrogens with zero attached hydrogens (tertiary/aromatic N) is 3. The van der Waals surface area contributed by atoms with Gasteiger partial charge in [0.2, 0.25) is 5.95 Å². The fourth-order valence-corrected chi connectivity index (χ4v) is 2.62. The summed E-state index contributed by atoms with van der Waals surface area (Å²) in [6.07, 6.45) is 1.95. The van der Waals surface area contributed by atoms with Gasteiger partial charge in [0.1, 0.15) is 6.29 Å². The summed E-state index contributed by atoms with van der Waals surface area (Å²) in [6.45, 7) is 1.94. The first-order valence-corrected chi connectivity index (χ1v) is 6.13. The van der Waals surface area contributed by atoms with E-state index in [1.165, 1.54) is 0 Å². The van der Waals surface area contributed by atoms with Crippen molar-refractivity contribution in [3.8, 4) is 0 Å². The van der Waals surface area contributed by atoms with Gasteiger partial charge in [-0.15, -0.1) is 0 Å². The molecule has 0 atom stereocenters. The minimum Gasteiger partial charge on any atom is -0.373 e. The van der Waals surface area contributed by atoms with Gasteiger partial charge < -0.3 is 14.8 Å². The van der Waals surface area contributed by atoms with Gasteiger partial charge in [0.05, 0.1) is 16.7 Å². The molecule has 5 heteroatoms. The van der Waals surface area contributed by atoms with E-state index >= 15 is 0 Å². The normalized spacial score (nSPS) is 14.7. The Balaban J connectivity index is 2.38. The summed E-state index contributed by atoms with van der Waals surface area (Å²) in [6, 6.07) is 3.79. The van der Waals surface area contributed by atoms with Gasteiger partial charge in [0.25, 0.3) is 0 Å². The summed E-state index contributed by atoms with van der Waals surface area (Å²) in [4.78, 5) is 17.8. The van der Waals surface area contributed by atoms with Crippen molar-refractivity contribution in [2.24, 2.45) is 0 Å². The van der Waals surface area contributed by atoms with E-state index in [4.69, 9.17) is 0 Å². The van der Waals surface area contributed by atoms with Crippen molar-refractivity contribution in [3.63, 3.8) is 0 Å². The third-order valence-electron chi connectivity index (χ3n) is 3.49. The number of rotatable bonds is 2. The summed E-state index contributed by atoms with van der Waals surface area (Å²) in [5.41, 5.74) is 3.76. The van der Waals surface area contributed by atoms with Crippen LogP contribution in [0.5, 0.6) is 0 Å². The molecule has 0 radical (unpaired) electrons. The van der Waals surface area contributed by atoms with Crippen LogP contribution in [-0.4, -0.2) is 36.5 Å². The van der Waals surface area contributed by atoms with Crippen LogP contribution in [0.3, 0.4) is 0 Å². The molecule has 0 fully saturated rings. The average molecular weight is 244 g/mol. The second-order valence-electron chi connectivity index (χ2n) is 4.64. The monoisotopic (exact) mass is 244 g/mol. The molecule has 1 aromatic carbocycles. The Morgan fingerprint density at radius 1 is 1.39 bits per heavy atom. The molecule has 1 aliphatic heterocycles. The lowest BCUT2D eigenvalue weighted by Crippen LogP contribution is -2.17. The molecule has 2 heterocycles. The maximum absolute atomic E-state index is 11.0. The summed E-state index contributed by atoms with van der Waals surface area (Å²) >= 11 is 0. The van der Waals surface area contributed by atoms with E-state index in [1.54, 1.807) is 0 Å². The zero-order chi connectivity index (χ0) is 12.7. The van der Waals surface area contributed by atoms with Crippen LogP contribution >= 0.6 is 0 Å². The largest absolute Gasteiger partial charge is 0.373 e. The maximum Gasteiger partial charge on any atom is 0.203 e. The van der Waals surface area contributed by atoms with Crippen LogP contribution in [-0.2, 0) is 6.54 Å². The number of hydrogen-bond acceptors (Lipinski definition) is 4. The van der Waals surface area contributed by atoms with E-state index in [0.717, 1.165) is 48.5 Å². The number of aldehydes is 1. The summed E-state index contributed by atoms with van der Waals surface area (Å²) in [5.74, 6) is 0.865. The molecule has 1 aliphatic rings. The van der Waals surface area contributed by atoms with Gasteiger partial charge in [0, 0.05) is 32.7 Å². The van der Waals surface area contributed by atoms with E-state index in [0.29, 0.717) is 5.56 Å². The molecule has 1 aromatic heterocycles. The highest BCUT2D eigenvalue weighted by atomic mass is 16.1. The average Bonchev–Trinajstić information content (AvgIpc) is 2.66. The molecule has 3 rings (SSSR count). The van der Waals surface area contributed by atoms with Crippen molar-refractivity contribution in [2.45, 2.75) is 13.0 Å². The number of anilines is 2. The molecule has 0 spiro atoms. The molecule has 0 unspecified atom stereocenters. The minimum absolute atomic E-state index is 0.679. The topological polar surface area (TPSA) is 50.2 Å². The van der Waals surface area contributed by atoms with Gasteiger partial charge in [-0.2, -0.15) is 0 Å². The third-order valence-corrected chi connectivity index (χ3v) is 3.49. The summed E-state index contributed by atoms with van der Waals surface area (Å²) in [7, 11) is 3.94. The Kier molecular flexibility index (Phi) is 2.47. The molecule has 94 valence electrons. The van der Waals surface area contributed by atoms with E-state index in [2.05, 4.69) is 26.8 Å². The number of carbonyl (C=O) groups is 1. The first kappa shape index (κ1) is 11.1. The molecule has 1 N–H and O–H groups in total. The number of aryl methyl sites for hydroxylation is 1. The van der Waals surface area contributed by atoms with Crippen molar-refractivity contribution in [3.05, 3.63) is 17.7 Å². The standard InChI is InChI=1S/C13H16N4O/c1-14-13-15-10-6-9(8-18)7-11-12(10)17(13)5-3-4-16(11)2/h6-8H,3-5H2,1-2H3,(H,14,15). The van der Waals surface area contributed by atoms with Gasteiger partial charge in [0.15, 0.2) is 0 Å². The molecule has 0 amide bonds. The fourth-order valence-electron chi connectivity index (χ4n) is 2.62. The Labute approximate surface area is 105 Å². The van der Waals surface area contributed by atoms with Crippen LogP contribution in [0.25, 0.3) is 11.0 Å². The van der Waals surface area contributed by atoms with Crippen LogP contribution in [0.2, 0.25) is 0 Å². The number of nitrogens with one attached hydrogen (secondary N) is 1. The SMILES string of the molecule is CNc1nc2cc(C=O)cc3c2n1CCCN3C. The van der Waals surface area contributed by atoms with Crippen molar-refractivity contribution in [1.82, 2.24) is 9.55 Å². The van der Waals surface area contributed by atoms with Crippen LogP contribution in [0.4, 0.5) is 11.6 Å². The minimum atomic E-state index is 0.679. The Morgan fingerprint density at radius 3 is 2.94 bits per heavy atom. The predicted molar refractivity (Wildman–Crippen MR) is 72.6 cm³/mol. The third kappa shape index (κ3) is 1.47. The molecule has 0 saturated heterocycles. The summed E-state index contributed by atoms with van der Waals surface area (Å²) in [5, 5.41) is 3.12. The van der Waals surface area contributed by atoms with Gasteiger partial charge >= 0.3 is 0 Å². The maximum atomic E-state index is 11.0. The zero-order valence-corrected chi connectivity index (χ0v) is 10.6. The Morgan fingerprint density at radius 2 is 2.22 bits per heavy atom. The highest BCUT2D eigenvalue weighted by Crippen LogP contribution is 2.32. The van der Waals surface area contributed by atoms with Gasteiger partial charge in [-0.3, -0.25) is 4.79 Å².